The molecule has 176 valence electrons. The van der Waals surface area contributed by atoms with Crippen molar-refractivity contribution >= 4 is 23.2 Å². The van der Waals surface area contributed by atoms with Gasteiger partial charge in [0.05, 0.1) is 26.3 Å². The maximum absolute atomic E-state index is 13.5. The van der Waals surface area contributed by atoms with E-state index in [1.165, 1.54) is 16.2 Å². The van der Waals surface area contributed by atoms with Gasteiger partial charge in [-0.25, -0.2) is 0 Å². The van der Waals surface area contributed by atoms with Gasteiger partial charge in [0.1, 0.15) is 23.0 Å². The van der Waals surface area contributed by atoms with Gasteiger partial charge in [-0.05, 0) is 60.3 Å². The van der Waals surface area contributed by atoms with Crippen molar-refractivity contribution in [3.05, 3.63) is 100 Å². The standard InChI is InChI=1S/C26H26N2O5S/c1-18-7-12-23(33-18)25(26(30)27-16-19-8-10-20(31-2)11-9-19)28(17-21-5-3-13-32-21)24(29)15-22-6-4-14-34-22/h3-14,25H,15-17H2,1-2H3,(H,27,30)/t25-/m0/s1. The van der Waals surface area contributed by atoms with Gasteiger partial charge in [-0.15, -0.1) is 11.3 Å². The fourth-order valence-electron chi connectivity index (χ4n) is 3.61. The number of nitrogens with zero attached hydrogens (tertiary/aromatic N) is 1. The van der Waals surface area contributed by atoms with Crippen molar-refractivity contribution in [1.29, 1.82) is 0 Å². The molecule has 0 spiro atoms. The molecule has 8 heteroatoms. The zero-order valence-electron chi connectivity index (χ0n) is 19.0. The Morgan fingerprint density at radius 1 is 1.09 bits per heavy atom. The van der Waals surface area contributed by atoms with Crippen LogP contribution < -0.4 is 10.1 Å². The lowest BCUT2D eigenvalue weighted by Crippen LogP contribution is -2.43. The maximum Gasteiger partial charge on any atom is 0.251 e. The first-order valence-corrected chi connectivity index (χ1v) is 11.7. The Labute approximate surface area is 201 Å². The molecule has 0 bridgehead atoms. The molecule has 0 fully saturated rings. The molecule has 34 heavy (non-hydrogen) atoms. The fraction of sp³-hybridized carbons (Fsp3) is 0.231. The Morgan fingerprint density at radius 3 is 2.53 bits per heavy atom. The molecular weight excluding hydrogens is 452 g/mol. The van der Waals surface area contributed by atoms with E-state index in [1.807, 2.05) is 41.8 Å². The molecule has 0 unspecified atom stereocenters. The van der Waals surface area contributed by atoms with Crippen LogP contribution in [0.25, 0.3) is 0 Å². The van der Waals surface area contributed by atoms with Gasteiger partial charge >= 0.3 is 0 Å². The van der Waals surface area contributed by atoms with Crippen LogP contribution in [0.1, 0.15) is 33.8 Å². The minimum absolute atomic E-state index is 0.136. The Bertz CT molecular complexity index is 1200. The van der Waals surface area contributed by atoms with Crippen molar-refractivity contribution in [3.63, 3.8) is 0 Å². The molecule has 0 saturated carbocycles. The summed E-state index contributed by atoms with van der Waals surface area (Å²) in [6.07, 6.45) is 1.73. The number of carbonyl (C=O) groups excluding carboxylic acids is 2. The highest BCUT2D eigenvalue weighted by Gasteiger charge is 2.34. The molecule has 3 heterocycles. The van der Waals surface area contributed by atoms with Gasteiger partial charge < -0.3 is 23.8 Å². The number of thiophene rings is 1. The van der Waals surface area contributed by atoms with Crippen molar-refractivity contribution in [3.8, 4) is 5.75 Å². The van der Waals surface area contributed by atoms with Crippen molar-refractivity contribution in [2.45, 2.75) is 32.5 Å². The summed E-state index contributed by atoms with van der Waals surface area (Å²) in [7, 11) is 1.60. The molecule has 3 aromatic heterocycles. The SMILES string of the molecule is COc1ccc(CNC(=O)[C@H](c2ccc(C)o2)N(Cc2ccco2)C(=O)Cc2cccs2)cc1. The average molecular weight is 479 g/mol. The minimum atomic E-state index is -0.954. The molecule has 4 rings (SSSR count). The number of aryl methyl sites for hydroxylation is 1. The van der Waals surface area contributed by atoms with Gasteiger partial charge in [-0.1, -0.05) is 18.2 Å². The number of methoxy groups -OCH3 is 1. The molecule has 0 radical (unpaired) electrons. The molecule has 2 amide bonds. The van der Waals surface area contributed by atoms with Crippen LogP contribution in [0.2, 0.25) is 0 Å². The van der Waals surface area contributed by atoms with E-state index in [0.29, 0.717) is 23.8 Å². The number of rotatable bonds is 10. The molecule has 0 aliphatic rings. The first-order chi connectivity index (χ1) is 16.5. The molecule has 1 atom stereocenters. The van der Waals surface area contributed by atoms with Crippen molar-refractivity contribution in [2.75, 3.05) is 7.11 Å². The molecule has 0 saturated heterocycles. The largest absolute Gasteiger partial charge is 0.497 e. The van der Waals surface area contributed by atoms with Crippen LogP contribution in [0.3, 0.4) is 0 Å². The van der Waals surface area contributed by atoms with E-state index in [1.54, 1.807) is 44.6 Å². The van der Waals surface area contributed by atoms with Crippen molar-refractivity contribution < 1.29 is 23.2 Å². The quantitative estimate of drug-likeness (QED) is 0.351. The monoisotopic (exact) mass is 478 g/mol. The second-order valence-electron chi connectivity index (χ2n) is 7.77. The number of carbonyl (C=O) groups is 2. The van der Waals surface area contributed by atoms with E-state index < -0.39 is 6.04 Å². The first-order valence-electron chi connectivity index (χ1n) is 10.8. The first kappa shape index (κ1) is 23.4. The topological polar surface area (TPSA) is 84.9 Å². The number of benzene rings is 1. The van der Waals surface area contributed by atoms with E-state index in [-0.39, 0.29) is 24.8 Å². The molecule has 4 aromatic rings. The summed E-state index contributed by atoms with van der Waals surface area (Å²) in [4.78, 5) is 29.4. The third-order valence-corrected chi connectivity index (χ3v) is 6.23. The van der Waals surface area contributed by atoms with Crippen molar-refractivity contribution in [1.82, 2.24) is 10.2 Å². The number of hydrogen-bond donors (Lipinski definition) is 1. The van der Waals surface area contributed by atoms with E-state index in [2.05, 4.69) is 5.32 Å². The number of nitrogens with one attached hydrogen (secondary N) is 1. The Morgan fingerprint density at radius 2 is 1.91 bits per heavy atom. The minimum Gasteiger partial charge on any atom is -0.497 e. The highest BCUT2D eigenvalue weighted by Crippen LogP contribution is 2.27. The summed E-state index contributed by atoms with van der Waals surface area (Å²) in [5, 5.41) is 4.88. The second kappa shape index (κ2) is 10.9. The zero-order chi connectivity index (χ0) is 23.9. The van der Waals surface area contributed by atoms with Gasteiger partial charge in [-0.3, -0.25) is 9.59 Å². The molecule has 1 aromatic carbocycles. The summed E-state index contributed by atoms with van der Waals surface area (Å²) < 4.78 is 16.5. The lowest BCUT2D eigenvalue weighted by molar-refractivity contribution is -0.142. The molecular formula is C26H26N2O5S. The molecule has 1 N–H and O–H groups in total. The summed E-state index contributed by atoms with van der Waals surface area (Å²) in [6, 6.07) is 17.4. The lowest BCUT2D eigenvalue weighted by atomic mass is 10.1. The zero-order valence-corrected chi connectivity index (χ0v) is 19.8. The van der Waals surface area contributed by atoms with E-state index >= 15 is 0 Å². The lowest BCUT2D eigenvalue weighted by Gasteiger charge is -2.29. The summed E-state index contributed by atoms with van der Waals surface area (Å²) in [6.45, 7) is 2.24. The van der Waals surface area contributed by atoms with Crippen LogP contribution in [-0.2, 0) is 29.1 Å². The average Bonchev–Trinajstić information content (AvgIpc) is 3.62. The summed E-state index contributed by atoms with van der Waals surface area (Å²) >= 11 is 1.50. The summed E-state index contributed by atoms with van der Waals surface area (Å²) in [5.41, 5.74) is 0.908. The van der Waals surface area contributed by atoms with E-state index in [0.717, 1.165) is 16.2 Å². The third kappa shape index (κ3) is 5.77. The highest BCUT2D eigenvalue weighted by atomic mass is 32.1. The van der Waals surface area contributed by atoms with Gasteiger partial charge in [0.25, 0.3) is 5.91 Å². The Hall–Kier alpha value is -3.78. The van der Waals surface area contributed by atoms with Gasteiger partial charge in [0.2, 0.25) is 5.91 Å². The van der Waals surface area contributed by atoms with Crippen LogP contribution in [0.5, 0.6) is 5.75 Å². The number of furan rings is 2. The third-order valence-electron chi connectivity index (χ3n) is 5.35. The second-order valence-corrected chi connectivity index (χ2v) is 8.81. The normalized spacial score (nSPS) is 11.7. The number of ether oxygens (including phenoxy) is 1. The smallest absolute Gasteiger partial charge is 0.251 e. The maximum atomic E-state index is 13.5. The van der Waals surface area contributed by atoms with Crippen LogP contribution in [0.15, 0.2) is 81.1 Å². The van der Waals surface area contributed by atoms with Crippen LogP contribution in [0.4, 0.5) is 0 Å². The van der Waals surface area contributed by atoms with Crippen molar-refractivity contribution in [2.24, 2.45) is 0 Å². The predicted octanol–water partition coefficient (Wildman–Crippen LogP) is 4.88. The molecule has 0 aliphatic heterocycles. The van der Waals surface area contributed by atoms with E-state index in [9.17, 15) is 9.59 Å². The van der Waals surface area contributed by atoms with Gasteiger partial charge in [0, 0.05) is 11.4 Å². The Balaban J connectivity index is 1.60. The van der Waals surface area contributed by atoms with E-state index in [4.69, 9.17) is 13.6 Å². The summed E-state index contributed by atoms with van der Waals surface area (Å²) in [5.74, 6) is 1.84. The van der Waals surface area contributed by atoms with Crippen LogP contribution in [-0.4, -0.2) is 23.8 Å². The van der Waals surface area contributed by atoms with Crippen LogP contribution in [0, 0.1) is 6.92 Å². The Kier molecular flexibility index (Phi) is 7.49. The fourth-order valence-corrected chi connectivity index (χ4v) is 4.31. The predicted molar refractivity (Wildman–Crippen MR) is 128 cm³/mol. The molecule has 7 nitrogen and oxygen atoms in total. The highest BCUT2D eigenvalue weighted by molar-refractivity contribution is 7.10. The van der Waals surface area contributed by atoms with Gasteiger partial charge in [0.15, 0.2) is 6.04 Å². The van der Waals surface area contributed by atoms with Gasteiger partial charge in [-0.2, -0.15) is 0 Å². The molecule has 0 aliphatic carbocycles. The number of amides is 2. The van der Waals surface area contributed by atoms with Crippen LogP contribution >= 0.6 is 11.3 Å². The number of hydrogen-bond acceptors (Lipinski definition) is 6.